The van der Waals surface area contributed by atoms with Gasteiger partial charge in [0.15, 0.2) is 0 Å². The van der Waals surface area contributed by atoms with Crippen molar-refractivity contribution in [3.8, 4) is 0 Å². The number of carbonyl (C=O) groups is 1. The second-order valence-corrected chi connectivity index (χ2v) is 10.2. The van der Waals surface area contributed by atoms with Crippen LogP contribution in [0.15, 0.2) is 67.0 Å². The van der Waals surface area contributed by atoms with E-state index in [4.69, 9.17) is 23.2 Å². The van der Waals surface area contributed by atoms with Crippen LogP contribution in [0.4, 0.5) is 0 Å². The molecule has 0 radical (unpaired) electrons. The number of aromatic nitrogens is 1. The molecule has 4 nitrogen and oxygen atoms in total. The summed E-state index contributed by atoms with van der Waals surface area (Å²) in [4.78, 5) is 21.7. The second kappa shape index (κ2) is 11.3. The Hall–Kier alpha value is -2.11. The Balaban J connectivity index is 0.00000289. The highest BCUT2D eigenvalue weighted by Gasteiger charge is 2.39. The Labute approximate surface area is 223 Å². The number of hydrogen-bond acceptors (Lipinski definition) is 3. The van der Waals surface area contributed by atoms with Gasteiger partial charge in [-0.2, -0.15) is 0 Å². The number of benzene rings is 2. The van der Waals surface area contributed by atoms with Crippen LogP contribution in [0.5, 0.6) is 0 Å². The second-order valence-electron chi connectivity index (χ2n) is 9.42. The lowest BCUT2D eigenvalue weighted by Crippen LogP contribution is -2.35. The first-order valence-electron chi connectivity index (χ1n) is 12.0. The molecule has 0 spiro atoms. The molecule has 1 fully saturated rings. The Kier molecular flexibility index (Phi) is 8.38. The Morgan fingerprint density at radius 3 is 2.51 bits per heavy atom. The molecule has 2 aliphatic rings. The van der Waals surface area contributed by atoms with Gasteiger partial charge in [0, 0.05) is 30.9 Å². The summed E-state index contributed by atoms with van der Waals surface area (Å²) in [6.07, 6.45) is 7.07. The maximum Gasteiger partial charge on any atom is 0.254 e. The number of amides is 1. The van der Waals surface area contributed by atoms with Gasteiger partial charge < -0.3 is 9.80 Å². The first kappa shape index (κ1) is 26.0. The van der Waals surface area contributed by atoms with E-state index < -0.39 is 0 Å². The molecule has 3 heterocycles. The molecule has 0 bridgehead atoms. The highest BCUT2D eigenvalue weighted by molar-refractivity contribution is 6.42. The fourth-order valence-corrected chi connectivity index (χ4v) is 5.95. The van der Waals surface area contributed by atoms with Gasteiger partial charge in [-0.1, -0.05) is 53.5 Å². The molecule has 2 atom stereocenters. The highest BCUT2D eigenvalue weighted by atomic mass is 35.5. The molecule has 0 aliphatic carbocycles. The van der Waals surface area contributed by atoms with Gasteiger partial charge in [-0.15, -0.1) is 12.4 Å². The van der Waals surface area contributed by atoms with Crippen LogP contribution in [0.2, 0.25) is 10.0 Å². The molecule has 184 valence electrons. The first-order valence-corrected chi connectivity index (χ1v) is 12.7. The molecule has 0 N–H and O–H groups in total. The van der Waals surface area contributed by atoms with Crippen molar-refractivity contribution in [1.82, 2.24) is 14.8 Å². The van der Waals surface area contributed by atoms with Crippen LogP contribution < -0.4 is 0 Å². The zero-order chi connectivity index (χ0) is 23.7. The van der Waals surface area contributed by atoms with Gasteiger partial charge in [-0.05, 0) is 85.8 Å². The number of likely N-dealkylation sites (tertiary alicyclic amines) is 1. The smallest absolute Gasteiger partial charge is 0.254 e. The van der Waals surface area contributed by atoms with Crippen LogP contribution in [0.3, 0.4) is 0 Å². The fourth-order valence-electron chi connectivity index (χ4n) is 5.64. The predicted molar refractivity (Wildman–Crippen MR) is 145 cm³/mol. The number of halogens is 3. The van der Waals surface area contributed by atoms with Crippen molar-refractivity contribution in [1.29, 1.82) is 0 Å². The normalized spacial score (nSPS) is 19.3. The van der Waals surface area contributed by atoms with E-state index in [0.717, 1.165) is 55.6 Å². The summed E-state index contributed by atoms with van der Waals surface area (Å²) in [5, 5.41) is 1.11. The zero-order valence-electron chi connectivity index (χ0n) is 19.7. The van der Waals surface area contributed by atoms with E-state index in [1.54, 1.807) is 0 Å². The molecule has 1 aromatic heterocycles. The van der Waals surface area contributed by atoms with Gasteiger partial charge in [0.1, 0.15) is 0 Å². The van der Waals surface area contributed by atoms with Gasteiger partial charge in [0.25, 0.3) is 5.91 Å². The number of pyridine rings is 1. The van der Waals surface area contributed by atoms with Crippen molar-refractivity contribution < 1.29 is 4.79 Å². The van der Waals surface area contributed by atoms with Crippen LogP contribution in [-0.4, -0.2) is 47.4 Å². The van der Waals surface area contributed by atoms with Gasteiger partial charge in [0.2, 0.25) is 0 Å². The van der Waals surface area contributed by atoms with E-state index in [0.29, 0.717) is 16.0 Å². The van der Waals surface area contributed by atoms with Crippen molar-refractivity contribution in [3.63, 3.8) is 0 Å². The van der Waals surface area contributed by atoms with Crippen molar-refractivity contribution in [2.45, 2.75) is 37.1 Å². The average Bonchev–Trinajstić information content (AvgIpc) is 3.12. The Bertz CT molecular complexity index is 1170. The molecule has 2 aromatic carbocycles. The molecule has 7 heteroatoms. The van der Waals surface area contributed by atoms with Crippen LogP contribution in [0.25, 0.3) is 0 Å². The molecule has 0 saturated carbocycles. The van der Waals surface area contributed by atoms with E-state index in [1.165, 1.54) is 5.56 Å². The SMILES string of the molecule is CN1C(=O)c2ccccc2[C@H]1C(CCN1CCC(c2cccnc2)CC1)c1ccc(Cl)c(Cl)c1.Cl. The zero-order valence-corrected chi connectivity index (χ0v) is 22.1. The highest BCUT2D eigenvalue weighted by Crippen LogP contribution is 2.45. The number of rotatable bonds is 6. The minimum absolute atomic E-state index is 0. The predicted octanol–water partition coefficient (Wildman–Crippen LogP) is 6.99. The number of hydrogen-bond donors (Lipinski definition) is 0. The summed E-state index contributed by atoms with van der Waals surface area (Å²) >= 11 is 12.7. The number of fused-ring (bicyclic) bond motifs is 1. The minimum atomic E-state index is -0.0196. The lowest BCUT2D eigenvalue weighted by molar-refractivity contribution is 0.0746. The molecular formula is C28H30Cl3N3O. The van der Waals surface area contributed by atoms with Crippen LogP contribution >= 0.6 is 35.6 Å². The third-order valence-corrected chi connectivity index (χ3v) is 8.24. The molecule has 2 aliphatic heterocycles. The third kappa shape index (κ3) is 5.36. The molecule has 5 rings (SSSR count). The van der Waals surface area contributed by atoms with Gasteiger partial charge in [0.05, 0.1) is 16.1 Å². The maximum absolute atomic E-state index is 13.0. The van der Waals surface area contributed by atoms with Gasteiger partial charge >= 0.3 is 0 Å². The van der Waals surface area contributed by atoms with Crippen molar-refractivity contribution >= 4 is 41.5 Å². The quantitative estimate of drug-likeness (QED) is 0.344. The maximum atomic E-state index is 13.0. The van der Waals surface area contributed by atoms with E-state index in [9.17, 15) is 4.79 Å². The van der Waals surface area contributed by atoms with E-state index >= 15 is 0 Å². The van der Waals surface area contributed by atoms with Crippen LogP contribution in [0, 0.1) is 0 Å². The Morgan fingerprint density at radius 1 is 1.03 bits per heavy atom. The van der Waals surface area contributed by atoms with Gasteiger partial charge in [-0.25, -0.2) is 0 Å². The third-order valence-electron chi connectivity index (χ3n) is 7.50. The molecule has 3 aromatic rings. The monoisotopic (exact) mass is 529 g/mol. The summed E-state index contributed by atoms with van der Waals surface area (Å²) in [5.74, 6) is 0.799. The lowest BCUT2D eigenvalue weighted by atomic mass is 9.84. The summed E-state index contributed by atoms with van der Waals surface area (Å²) in [6, 6.07) is 18.1. The summed E-state index contributed by atoms with van der Waals surface area (Å²) in [7, 11) is 1.91. The number of likely N-dealkylation sites (N-methyl/N-ethyl adjacent to an activating group) is 1. The number of nitrogens with zero attached hydrogens (tertiary/aromatic N) is 3. The molecule has 1 unspecified atom stereocenters. The van der Waals surface area contributed by atoms with Crippen molar-refractivity contribution in [2.75, 3.05) is 26.7 Å². The summed E-state index contributed by atoms with van der Waals surface area (Å²) in [5.41, 5.74) is 4.37. The molecule has 1 saturated heterocycles. The van der Waals surface area contributed by atoms with Crippen molar-refractivity contribution in [2.24, 2.45) is 0 Å². The van der Waals surface area contributed by atoms with E-state index in [-0.39, 0.29) is 30.3 Å². The summed E-state index contributed by atoms with van der Waals surface area (Å²) in [6.45, 7) is 3.12. The largest absolute Gasteiger partial charge is 0.334 e. The van der Waals surface area contributed by atoms with Crippen molar-refractivity contribution in [3.05, 3.63) is 99.3 Å². The van der Waals surface area contributed by atoms with Gasteiger partial charge in [-0.3, -0.25) is 9.78 Å². The minimum Gasteiger partial charge on any atom is -0.334 e. The number of piperidine rings is 1. The molecular weight excluding hydrogens is 501 g/mol. The Morgan fingerprint density at radius 2 is 1.80 bits per heavy atom. The summed E-state index contributed by atoms with van der Waals surface area (Å²) < 4.78 is 0. The first-order chi connectivity index (χ1) is 16.5. The lowest BCUT2D eigenvalue weighted by Gasteiger charge is -2.35. The standard InChI is InChI=1S/C28H29Cl2N3O.ClH/c1-32-27(23-6-2-3-7-24(23)28(32)34)22(20-8-9-25(29)26(30)17-20)12-16-33-14-10-19(11-15-33)21-5-4-13-31-18-21;/h2-9,13,17-19,22,27H,10-12,14-16H2,1H3;1H/t22?,27-;/m1./s1. The fraction of sp³-hybridized carbons (Fsp3) is 0.357. The molecule has 35 heavy (non-hydrogen) atoms. The molecule has 1 amide bonds. The van der Waals surface area contributed by atoms with Crippen LogP contribution in [-0.2, 0) is 0 Å². The van der Waals surface area contributed by atoms with Crippen LogP contribution in [0.1, 0.15) is 64.2 Å². The average molecular weight is 531 g/mol. The van der Waals surface area contributed by atoms with E-state index in [1.807, 2.05) is 60.7 Å². The number of carbonyl (C=O) groups excluding carboxylic acids is 1. The van der Waals surface area contributed by atoms with E-state index in [2.05, 4.69) is 28.1 Å². The topological polar surface area (TPSA) is 36.4 Å².